The van der Waals surface area contributed by atoms with E-state index in [0.29, 0.717) is 0 Å². The molecule has 1 heterocycles. The lowest BCUT2D eigenvalue weighted by Gasteiger charge is -1.99. The summed E-state index contributed by atoms with van der Waals surface area (Å²) in [7, 11) is 0. The van der Waals surface area contributed by atoms with Crippen LogP contribution in [-0.4, -0.2) is 4.98 Å². The van der Waals surface area contributed by atoms with Gasteiger partial charge in [-0.1, -0.05) is 28.1 Å². The molecule has 0 saturated carbocycles. The smallest absolute Gasteiger partial charge is 0.292 e. The molecule has 0 fully saturated rings. The topological polar surface area (TPSA) is 52.0 Å². The first-order valence-electron chi connectivity index (χ1n) is 4.61. The maximum Gasteiger partial charge on any atom is 0.292 e. The lowest BCUT2D eigenvalue weighted by molar-refractivity contribution is 0.545. The van der Waals surface area contributed by atoms with Gasteiger partial charge in [0.15, 0.2) is 0 Å². The molecule has 0 bridgehead atoms. The van der Waals surface area contributed by atoms with Crippen LogP contribution in [0.15, 0.2) is 33.2 Å². The van der Waals surface area contributed by atoms with E-state index in [9.17, 15) is 0 Å². The molecule has 3 nitrogen and oxygen atoms in total. The second-order valence-corrected chi connectivity index (χ2v) is 4.28. The van der Waals surface area contributed by atoms with E-state index in [-0.39, 0.29) is 6.01 Å². The molecule has 15 heavy (non-hydrogen) atoms. The Labute approximate surface area is 96.4 Å². The molecular formula is C11H11BrN2O. The number of nitrogen functional groups attached to an aromatic ring is 1. The van der Waals surface area contributed by atoms with Crippen molar-refractivity contribution in [3.63, 3.8) is 0 Å². The van der Waals surface area contributed by atoms with Gasteiger partial charge in [0.05, 0.1) is 5.69 Å². The number of halogens is 1. The van der Waals surface area contributed by atoms with Crippen LogP contribution >= 0.6 is 15.9 Å². The largest absolute Gasteiger partial charge is 0.429 e. The Kier molecular flexibility index (Phi) is 2.77. The van der Waals surface area contributed by atoms with Crippen LogP contribution in [-0.2, 0) is 6.42 Å². The monoisotopic (exact) mass is 266 g/mol. The van der Waals surface area contributed by atoms with E-state index < -0.39 is 0 Å². The van der Waals surface area contributed by atoms with E-state index in [1.807, 2.05) is 19.1 Å². The number of aryl methyl sites for hydroxylation is 1. The molecule has 0 aliphatic heterocycles. The van der Waals surface area contributed by atoms with Crippen LogP contribution in [0.4, 0.5) is 6.01 Å². The highest BCUT2D eigenvalue weighted by molar-refractivity contribution is 9.10. The van der Waals surface area contributed by atoms with Gasteiger partial charge in [0, 0.05) is 10.9 Å². The average Bonchev–Trinajstić information content (AvgIpc) is 2.45. The van der Waals surface area contributed by atoms with Crippen LogP contribution in [0.5, 0.6) is 0 Å². The van der Waals surface area contributed by atoms with Gasteiger partial charge in [0.25, 0.3) is 6.01 Å². The number of hydrogen-bond acceptors (Lipinski definition) is 3. The molecule has 0 saturated heterocycles. The molecule has 0 spiro atoms. The van der Waals surface area contributed by atoms with Gasteiger partial charge in [0.1, 0.15) is 5.76 Å². The van der Waals surface area contributed by atoms with Crippen molar-refractivity contribution in [2.75, 3.05) is 5.73 Å². The maximum atomic E-state index is 5.48. The summed E-state index contributed by atoms with van der Waals surface area (Å²) < 4.78 is 6.24. The number of nitrogens with two attached hydrogens (primary N) is 1. The molecule has 1 aromatic heterocycles. The molecule has 0 unspecified atom stereocenters. The number of oxazole rings is 1. The summed E-state index contributed by atoms with van der Waals surface area (Å²) in [5.41, 5.74) is 7.55. The Bertz CT molecular complexity index is 479. The second kappa shape index (κ2) is 4.06. The summed E-state index contributed by atoms with van der Waals surface area (Å²) in [5, 5.41) is 0. The minimum atomic E-state index is 0.234. The van der Waals surface area contributed by atoms with Gasteiger partial charge in [-0.25, -0.2) is 0 Å². The van der Waals surface area contributed by atoms with Crippen molar-refractivity contribution < 1.29 is 4.42 Å². The number of aromatic nitrogens is 1. The Hall–Kier alpha value is -1.29. The number of nitrogens with zero attached hydrogens (tertiary/aromatic N) is 1. The molecule has 0 atom stereocenters. The van der Waals surface area contributed by atoms with Crippen LogP contribution in [0, 0.1) is 6.92 Å². The summed E-state index contributed by atoms with van der Waals surface area (Å²) in [6.45, 7) is 1.87. The van der Waals surface area contributed by atoms with E-state index in [4.69, 9.17) is 10.2 Å². The zero-order valence-corrected chi connectivity index (χ0v) is 9.91. The van der Waals surface area contributed by atoms with Crippen LogP contribution < -0.4 is 5.73 Å². The number of rotatable bonds is 2. The molecular weight excluding hydrogens is 256 g/mol. The Morgan fingerprint density at radius 3 is 2.87 bits per heavy atom. The van der Waals surface area contributed by atoms with E-state index in [1.165, 1.54) is 5.56 Å². The third-order valence-electron chi connectivity index (χ3n) is 2.17. The third-order valence-corrected chi connectivity index (χ3v) is 2.66. The fourth-order valence-corrected chi connectivity index (χ4v) is 1.90. The molecule has 0 aliphatic rings. The molecule has 2 rings (SSSR count). The Morgan fingerprint density at radius 2 is 2.27 bits per heavy atom. The minimum Gasteiger partial charge on any atom is -0.429 e. The molecule has 78 valence electrons. The summed E-state index contributed by atoms with van der Waals surface area (Å²) in [4.78, 5) is 4.13. The third kappa shape index (κ3) is 2.39. The highest BCUT2D eigenvalue weighted by Crippen LogP contribution is 2.18. The van der Waals surface area contributed by atoms with Crippen molar-refractivity contribution in [3.05, 3.63) is 45.8 Å². The van der Waals surface area contributed by atoms with Crippen LogP contribution in [0.3, 0.4) is 0 Å². The van der Waals surface area contributed by atoms with Crippen molar-refractivity contribution in [1.29, 1.82) is 0 Å². The lowest BCUT2D eigenvalue weighted by atomic mass is 10.1. The summed E-state index contributed by atoms with van der Waals surface area (Å²) in [5.74, 6) is 0.785. The fourth-order valence-electron chi connectivity index (χ4n) is 1.45. The van der Waals surface area contributed by atoms with Crippen LogP contribution in [0.2, 0.25) is 0 Å². The molecule has 1 aromatic carbocycles. The Balaban J connectivity index is 2.25. The fraction of sp³-hybridized carbons (Fsp3) is 0.182. The van der Waals surface area contributed by atoms with Gasteiger partial charge in [-0.05, 0) is 24.6 Å². The highest BCUT2D eigenvalue weighted by atomic mass is 79.9. The van der Waals surface area contributed by atoms with Crippen molar-refractivity contribution in [2.24, 2.45) is 0 Å². The van der Waals surface area contributed by atoms with Gasteiger partial charge >= 0.3 is 0 Å². The van der Waals surface area contributed by atoms with Gasteiger partial charge in [-0.3, -0.25) is 0 Å². The molecule has 0 amide bonds. The van der Waals surface area contributed by atoms with E-state index in [2.05, 4.69) is 33.0 Å². The van der Waals surface area contributed by atoms with Crippen LogP contribution in [0.1, 0.15) is 17.0 Å². The first-order chi connectivity index (χ1) is 7.15. The predicted octanol–water partition coefficient (Wildman–Crippen LogP) is 2.92. The predicted molar refractivity (Wildman–Crippen MR) is 62.6 cm³/mol. The number of hydrogen-bond donors (Lipinski definition) is 1. The van der Waals surface area contributed by atoms with Crippen molar-refractivity contribution in [3.8, 4) is 0 Å². The van der Waals surface area contributed by atoms with E-state index in [0.717, 1.165) is 22.3 Å². The Morgan fingerprint density at radius 1 is 1.47 bits per heavy atom. The van der Waals surface area contributed by atoms with Gasteiger partial charge in [-0.2, -0.15) is 4.98 Å². The van der Waals surface area contributed by atoms with Crippen molar-refractivity contribution in [1.82, 2.24) is 4.98 Å². The standard InChI is InChI=1S/C11H11BrN2O/c1-7-10(14-11(13)15-7)6-8-3-2-4-9(12)5-8/h2-5H,6H2,1H3,(H2,13,14). The maximum absolute atomic E-state index is 5.48. The lowest BCUT2D eigenvalue weighted by Crippen LogP contribution is -1.91. The summed E-state index contributed by atoms with van der Waals surface area (Å²) >= 11 is 3.43. The first kappa shape index (κ1) is 10.2. The summed E-state index contributed by atoms with van der Waals surface area (Å²) in [6, 6.07) is 8.34. The summed E-state index contributed by atoms with van der Waals surface area (Å²) in [6.07, 6.45) is 0.742. The highest BCUT2D eigenvalue weighted by Gasteiger charge is 2.07. The minimum absolute atomic E-state index is 0.234. The molecule has 4 heteroatoms. The molecule has 0 aliphatic carbocycles. The molecule has 0 radical (unpaired) electrons. The van der Waals surface area contributed by atoms with Gasteiger partial charge < -0.3 is 10.2 Å². The average molecular weight is 267 g/mol. The molecule has 2 N–H and O–H groups in total. The first-order valence-corrected chi connectivity index (χ1v) is 5.40. The number of anilines is 1. The number of benzene rings is 1. The van der Waals surface area contributed by atoms with E-state index >= 15 is 0 Å². The second-order valence-electron chi connectivity index (χ2n) is 3.36. The van der Waals surface area contributed by atoms with Gasteiger partial charge in [0.2, 0.25) is 0 Å². The normalized spacial score (nSPS) is 10.5. The zero-order valence-electron chi connectivity index (χ0n) is 8.33. The van der Waals surface area contributed by atoms with Crippen molar-refractivity contribution >= 4 is 21.9 Å². The SMILES string of the molecule is Cc1oc(N)nc1Cc1cccc(Br)c1. The van der Waals surface area contributed by atoms with E-state index in [1.54, 1.807) is 0 Å². The van der Waals surface area contributed by atoms with Crippen molar-refractivity contribution in [2.45, 2.75) is 13.3 Å². The molecule has 2 aromatic rings. The van der Waals surface area contributed by atoms with Gasteiger partial charge in [-0.15, -0.1) is 0 Å². The van der Waals surface area contributed by atoms with Crippen LogP contribution in [0.25, 0.3) is 0 Å². The quantitative estimate of drug-likeness (QED) is 0.910. The zero-order chi connectivity index (χ0) is 10.8.